The number of amides is 2. The van der Waals surface area contributed by atoms with Crippen LogP contribution in [-0.2, 0) is 12.4 Å². The molecule has 8 nitrogen and oxygen atoms in total. The van der Waals surface area contributed by atoms with E-state index in [4.69, 9.17) is 0 Å². The third-order valence-corrected chi connectivity index (χ3v) is 6.11. The third-order valence-electron chi connectivity index (χ3n) is 6.11. The standard InChI is InChI=1S/C25H24F6N6O2/c1-13(33-22(38)17-8-18(24(26,27)28)10-19(9-17)25(29,30)31)21-34-14(2)35-37(21)20-7-6-16(11-32-20)23(39)36(3)12-15-4-5-15/h6-11,13,15H,4-5,12H2,1-3H3,(H,33,38)/t13-/m0/s1. The maximum Gasteiger partial charge on any atom is 0.416 e. The van der Waals surface area contributed by atoms with Crippen LogP contribution >= 0.6 is 0 Å². The van der Waals surface area contributed by atoms with Crippen molar-refractivity contribution in [1.29, 1.82) is 0 Å². The molecule has 0 radical (unpaired) electrons. The van der Waals surface area contributed by atoms with Crippen LogP contribution in [0.4, 0.5) is 26.3 Å². The average molecular weight is 554 g/mol. The molecule has 1 saturated carbocycles. The van der Waals surface area contributed by atoms with E-state index in [-0.39, 0.29) is 29.4 Å². The second-order valence-electron chi connectivity index (χ2n) is 9.45. The van der Waals surface area contributed by atoms with E-state index in [2.05, 4.69) is 20.4 Å². The first-order valence-corrected chi connectivity index (χ1v) is 11.9. The molecule has 2 aromatic heterocycles. The van der Waals surface area contributed by atoms with Gasteiger partial charge in [-0.25, -0.2) is 9.97 Å². The van der Waals surface area contributed by atoms with Crippen LogP contribution in [0.15, 0.2) is 36.5 Å². The van der Waals surface area contributed by atoms with E-state index in [1.54, 1.807) is 24.9 Å². The molecule has 1 aromatic carbocycles. The number of pyridine rings is 1. The monoisotopic (exact) mass is 554 g/mol. The Labute approximate surface area is 219 Å². The largest absolute Gasteiger partial charge is 0.416 e. The van der Waals surface area contributed by atoms with Gasteiger partial charge in [0.05, 0.1) is 22.7 Å². The predicted octanol–water partition coefficient (Wildman–Crippen LogP) is 4.98. The van der Waals surface area contributed by atoms with Crippen LogP contribution < -0.4 is 5.32 Å². The molecule has 208 valence electrons. The quantitative estimate of drug-likeness (QED) is 0.416. The van der Waals surface area contributed by atoms with Gasteiger partial charge in [0.1, 0.15) is 5.82 Å². The number of aromatic nitrogens is 4. The van der Waals surface area contributed by atoms with Gasteiger partial charge in [-0.15, -0.1) is 5.10 Å². The fourth-order valence-electron chi connectivity index (χ4n) is 3.94. The number of hydrogen-bond acceptors (Lipinski definition) is 5. The Morgan fingerprint density at radius 2 is 1.67 bits per heavy atom. The zero-order chi connectivity index (χ0) is 28.7. The molecule has 0 bridgehead atoms. The highest BCUT2D eigenvalue weighted by Gasteiger charge is 2.37. The highest BCUT2D eigenvalue weighted by Crippen LogP contribution is 2.36. The fraction of sp³-hybridized carbons (Fsp3) is 0.400. The summed E-state index contributed by atoms with van der Waals surface area (Å²) in [5.41, 5.74) is -3.67. The molecule has 1 fully saturated rings. The third kappa shape index (κ3) is 6.55. The molecular formula is C25H24F6N6O2. The molecule has 1 aliphatic rings. The minimum Gasteiger partial charge on any atom is -0.342 e. The number of benzene rings is 1. The molecule has 2 heterocycles. The van der Waals surface area contributed by atoms with Gasteiger partial charge in [-0.3, -0.25) is 9.59 Å². The minimum absolute atomic E-state index is 0.0516. The first-order valence-electron chi connectivity index (χ1n) is 11.9. The zero-order valence-electron chi connectivity index (χ0n) is 21.1. The van der Waals surface area contributed by atoms with Gasteiger partial charge >= 0.3 is 12.4 Å². The van der Waals surface area contributed by atoms with E-state index in [9.17, 15) is 35.9 Å². The normalized spacial score (nSPS) is 14.7. The fourth-order valence-corrected chi connectivity index (χ4v) is 3.94. The van der Waals surface area contributed by atoms with E-state index in [0.29, 0.717) is 30.2 Å². The van der Waals surface area contributed by atoms with E-state index in [1.165, 1.54) is 23.9 Å². The highest BCUT2D eigenvalue weighted by molar-refractivity contribution is 5.95. The molecule has 0 aliphatic heterocycles. The van der Waals surface area contributed by atoms with Crippen molar-refractivity contribution in [3.05, 3.63) is 70.4 Å². The highest BCUT2D eigenvalue weighted by atomic mass is 19.4. The number of carbonyl (C=O) groups excluding carboxylic acids is 2. The molecule has 1 aliphatic carbocycles. The van der Waals surface area contributed by atoms with Crippen molar-refractivity contribution < 1.29 is 35.9 Å². The summed E-state index contributed by atoms with van der Waals surface area (Å²) in [5, 5.41) is 6.61. The number of nitrogens with zero attached hydrogens (tertiary/aromatic N) is 5. The van der Waals surface area contributed by atoms with E-state index in [1.807, 2.05) is 0 Å². The van der Waals surface area contributed by atoms with Gasteiger partial charge in [0, 0.05) is 25.4 Å². The Bertz CT molecular complexity index is 1350. The van der Waals surface area contributed by atoms with Gasteiger partial charge in [-0.2, -0.15) is 31.0 Å². The number of nitrogens with one attached hydrogen (secondary N) is 1. The summed E-state index contributed by atoms with van der Waals surface area (Å²) in [6.07, 6.45) is -6.63. The molecule has 39 heavy (non-hydrogen) atoms. The molecule has 2 amide bonds. The van der Waals surface area contributed by atoms with Gasteiger partial charge in [-0.1, -0.05) is 0 Å². The smallest absolute Gasteiger partial charge is 0.342 e. The number of hydrogen-bond donors (Lipinski definition) is 1. The summed E-state index contributed by atoms with van der Waals surface area (Å²) in [5.74, 6) is -0.210. The van der Waals surface area contributed by atoms with Crippen molar-refractivity contribution >= 4 is 11.8 Å². The summed E-state index contributed by atoms with van der Waals surface area (Å²) in [4.78, 5) is 35.5. The summed E-state index contributed by atoms with van der Waals surface area (Å²) in [7, 11) is 1.71. The first kappa shape index (κ1) is 28.0. The minimum atomic E-state index is -5.09. The number of aryl methyl sites for hydroxylation is 1. The van der Waals surface area contributed by atoms with Crippen LogP contribution in [0.1, 0.15) is 69.3 Å². The lowest BCUT2D eigenvalue weighted by molar-refractivity contribution is -0.143. The molecule has 1 atom stereocenters. The van der Waals surface area contributed by atoms with Gasteiger partial charge < -0.3 is 10.2 Å². The maximum absolute atomic E-state index is 13.2. The van der Waals surface area contributed by atoms with Crippen LogP contribution in [0.2, 0.25) is 0 Å². The number of rotatable bonds is 7. The molecule has 3 aromatic rings. The predicted molar refractivity (Wildman–Crippen MR) is 126 cm³/mol. The van der Waals surface area contributed by atoms with Crippen LogP contribution in [0, 0.1) is 12.8 Å². The van der Waals surface area contributed by atoms with Crippen molar-refractivity contribution in [2.24, 2.45) is 5.92 Å². The molecule has 0 saturated heterocycles. The Balaban J connectivity index is 1.56. The summed E-state index contributed by atoms with van der Waals surface area (Å²) in [6.45, 7) is 3.66. The molecule has 4 rings (SSSR count). The van der Waals surface area contributed by atoms with Crippen LogP contribution in [0.5, 0.6) is 0 Å². The number of carbonyl (C=O) groups is 2. The Kier molecular flexibility index (Phi) is 7.41. The summed E-state index contributed by atoms with van der Waals surface area (Å²) in [6, 6.07) is 2.74. The Morgan fingerprint density at radius 3 is 2.18 bits per heavy atom. The second-order valence-corrected chi connectivity index (χ2v) is 9.45. The van der Waals surface area contributed by atoms with Crippen LogP contribution in [0.25, 0.3) is 5.82 Å². The average Bonchev–Trinajstić information content (AvgIpc) is 3.59. The van der Waals surface area contributed by atoms with Crippen molar-refractivity contribution in [2.45, 2.75) is 45.1 Å². The SMILES string of the molecule is Cc1nc([C@H](C)NC(=O)c2cc(C(F)(F)F)cc(C(F)(F)F)c2)n(-c2ccc(C(=O)N(C)CC3CC3)cn2)n1. The van der Waals surface area contributed by atoms with Crippen molar-refractivity contribution in [2.75, 3.05) is 13.6 Å². The zero-order valence-corrected chi connectivity index (χ0v) is 21.1. The van der Waals surface area contributed by atoms with Gasteiger partial charge in [0.25, 0.3) is 11.8 Å². The molecule has 0 unspecified atom stereocenters. The molecule has 14 heteroatoms. The summed E-state index contributed by atoms with van der Waals surface area (Å²) < 4.78 is 80.5. The van der Waals surface area contributed by atoms with E-state index >= 15 is 0 Å². The lowest BCUT2D eigenvalue weighted by atomic mass is 10.0. The second kappa shape index (κ2) is 10.3. The first-order chi connectivity index (χ1) is 18.1. The summed E-state index contributed by atoms with van der Waals surface area (Å²) >= 11 is 0. The topological polar surface area (TPSA) is 93.0 Å². The van der Waals surface area contributed by atoms with Crippen molar-refractivity contribution in [3.8, 4) is 5.82 Å². The van der Waals surface area contributed by atoms with Crippen molar-refractivity contribution in [1.82, 2.24) is 30.0 Å². The van der Waals surface area contributed by atoms with Gasteiger partial charge in [-0.05, 0) is 62.9 Å². The molecular weight excluding hydrogens is 530 g/mol. The maximum atomic E-state index is 13.2. The number of halogens is 6. The van der Waals surface area contributed by atoms with E-state index < -0.39 is 41.0 Å². The Hall–Kier alpha value is -3.97. The van der Waals surface area contributed by atoms with Crippen LogP contribution in [-0.4, -0.2) is 50.1 Å². The van der Waals surface area contributed by atoms with Crippen molar-refractivity contribution in [3.63, 3.8) is 0 Å². The Morgan fingerprint density at radius 1 is 1.05 bits per heavy atom. The van der Waals surface area contributed by atoms with Crippen LogP contribution in [0.3, 0.4) is 0 Å². The molecule has 0 spiro atoms. The van der Waals surface area contributed by atoms with E-state index in [0.717, 1.165) is 12.8 Å². The lowest BCUT2D eigenvalue weighted by Gasteiger charge is -2.18. The lowest BCUT2D eigenvalue weighted by Crippen LogP contribution is -2.30. The van der Waals surface area contributed by atoms with Gasteiger partial charge in [0.15, 0.2) is 11.6 Å². The van der Waals surface area contributed by atoms with Gasteiger partial charge in [0.2, 0.25) is 0 Å². The number of alkyl halides is 6. The molecule has 1 N–H and O–H groups in total.